The first-order valence-corrected chi connectivity index (χ1v) is 7.93. The van der Waals surface area contributed by atoms with E-state index >= 15 is 0 Å². The normalized spacial score (nSPS) is 24.0. The molecule has 0 heterocycles. The van der Waals surface area contributed by atoms with E-state index in [9.17, 15) is 0 Å². The number of ether oxygens (including phenoxy) is 2. The number of hydrogen-bond acceptors (Lipinski definition) is 4. The first-order chi connectivity index (χ1) is 9.33. The minimum absolute atomic E-state index is 0.625. The van der Waals surface area contributed by atoms with Gasteiger partial charge >= 0.3 is 0 Å². The molecule has 19 heavy (non-hydrogen) atoms. The van der Waals surface area contributed by atoms with Crippen LogP contribution in [-0.4, -0.2) is 57.0 Å². The van der Waals surface area contributed by atoms with Gasteiger partial charge in [0, 0.05) is 32.3 Å². The van der Waals surface area contributed by atoms with Crippen molar-refractivity contribution in [2.24, 2.45) is 11.7 Å². The van der Waals surface area contributed by atoms with E-state index in [1.54, 1.807) is 0 Å². The van der Waals surface area contributed by atoms with Crippen molar-refractivity contribution in [3.63, 3.8) is 0 Å². The average molecular weight is 272 g/mol. The zero-order chi connectivity index (χ0) is 13.9. The topological polar surface area (TPSA) is 47.7 Å². The van der Waals surface area contributed by atoms with Gasteiger partial charge in [-0.2, -0.15) is 0 Å². The van der Waals surface area contributed by atoms with Gasteiger partial charge in [-0.15, -0.1) is 0 Å². The second-order valence-corrected chi connectivity index (χ2v) is 5.28. The van der Waals surface area contributed by atoms with Crippen LogP contribution in [0.5, 0.6) is 0 Å². The molecule has 0 bridgehead atoms. The molecular weight excluding hydrogens is 240 g/mol. The molecule has 1 fully saturated rings. The molecule has 1 aliphatic rings. The Hall–Kier alpha value is -0.160. The summed E-state index contributed by atoms with van der Waals surface area (Å²) in [5.41, 5.74) is 5.95. The summed E-state index contributed by atoms with van der Waals surface area (Å²) < 4.78 is 11.0. The molecule has 0 aliphatic heterocycles. The van der Waals surface area contributed by atoms with Crippen molar-refractivity contribution in [2.45, 2.75) is 45.6 Å². The lowest BCUT2D eigenvalue weighted by Crippen LogP contribution is -2.47. The molecule has 1 saturated carbocycles. The van der Waals surface area contributed by atoms with Crippen LogP contribution in [0.4, 0.5) is 0 Å². The summed E-state index contributed by atoms with van der Waals surface area (Å²) in [6.07, 6.45) is 5.23. The highest BCUT2D eigenvalue weighted by Crippen LogP contribution is 2.27. The summed E-state index contributed by atoms with van der Waals surface area (Å²) in [4.78, 5) is 2.54. The van der Waals surface area contributed by atoms with Crippen molar-refractivity contribution < 1.29 is 9.47 Å². The van der Waals surface area contributed by atoms with Gasteiger partial charge < -0.3 is 15.2 Å². The van der Waals surface area contributed by atoms with Crippen LogP contribution in [0.2, 0.25) is 0 Å². The fourth-order valence-corrected chi connectivity index (χ4v) is 3.04. The molecule has 0 spiro atoms. The van der Waals surface area contributed by atoms with Gasteiger partial charge in [-0.05, 0) is 39.2 Å². The van der Waals surface area contributed by atoms with Crippen molar-refractivity contribution >= 4 is 0 Å². The van der Waals surface area contributed by atoms with Crippen LogP contribution in [0, 0.1) is 5.92 Å². The smallest absolute Gasteiger partial charge is 0.0593 e. The zero-order valence-electron chi connectivity index (χ0n) is 12.8. The van der Waals surface area contributed by atoms with E-state index in [0.29, 0.717) is 12.0 Å². The Labute approximate surface area is 118 Å². The monoisotopic (exact) mass is 272 g/mol. The third kappa shape index (κ3) is 6.21. The Kier molecular flexibility index (Phi) is 9.43. The van der Waals surface area contributed by atoms with Crippen molar-refractivity contribution in [3.8, 4) is 0 Å². The number of nitrogens with zero attached hydrogens (tertiary/aromatic N) is 1. The van der Waals surface area contributed by atoms with Crippen LogP contribution in [-0.2, 0) is 9.47 Å². The van der Waals surface area contributed by atoms with E-state index in [0.717, 1.165) is 46.1 Å². The van der Waals surface area contributed by atoms with Crippen LogP contribution in [0.25, 0.3) is 0 Å². The molecule has 0 amide bonds. The molecule has 0 radical (unpaired) electrons. The number of rotatable bonds is 10. The summed E-state index contributed by atoms with van der Waals surface area (Å²) in [6.45, 7) is 10.1. The van der Waals surface area contributed by atoms with Crippen molar-refractivity contribution in [1.82, 2.24) is 4.90 Å². The SMILES string of the molecule is CCOCCN(CCOCC)C1CCCCC1CN. The molecular formula is C15H32N2O2. The first kappa shape index (κ1) is 16.9. The van der Waals surface area contributed by atoms with Crippen molar-refractivity contribution in [2.75, 3.05) is 46.1 Å². The summed E-state index contributed by atoms with van der Waals surface area (Å²) in [5, 5.41) is 0. The number of hydrogen-bond donors (Lipinski definition) is 1. The molecule has 0 saturated heterocycles. The summed E-state index contributed by atoms with van der Waals surface area (Å²) >= 11 is 0. The Morgan fingerprint density at radius 1 is 1.00 bits per heavy atom. The predicted molar refractivity (Wildman–Crippen MR) is 79.4 cm³/mol. The summed E-state index contributed by atoms with van der Waals surface area (Å²) in [7, 11) is 0. The van der Waals surface area contributed by atoms with E-state index < -0.39 is 0 Å². The lowest BCUT2D eigenvalue weighted by Gasteiger charge is -2.39. The Bertz CT molecular complexity index is 204. The maximum atomic E-state index is 5.95. The summed E-state index contributed by atoms with van der Waals surface area (Å²) in [6, 6.07) is 0.625. The maximum absolute atomic E-state index is 5.95. The highest BCUT2D eigenvalue weighted by atomic mass is 16.5. The molecule has 1 rings (SSSR count). The van der Waals surface area contributed by atoms with Gasteiger partial charge in [0.05, 0.1) is 13.2 Å². The second kappa shape index (κ2) is 10.6. The lowest BCUT2D eigenvalue weighted by molar-refractivity contribution is 0.0353. The molecule has 2 N–H and O–H groups in total. The van der Waals surface area contributed by atoms with E-state index in [2.05, 4.69) is 4.90 Å². The Balaban J connectivity index is 2.47. The van der Waals surface area contributed by atoms with Crippen molar-refractivity contribution in [3.05, 3.63) is 0 Å². The number of nitrogens with two attached hydrogens (primary N) is 1. The second-order valence-electron chi connectivity index (χ2n) is 5.28. The van der Waals surface area contributed by atoms with Crippen LogP contribution in [0.15, 0.2) is 0 Å². The molecule has 2 atom stereocenters. The highest BCUT2D eigenvalue weighted by molar-refractivity contribution is 4.84. The van der Waals surface area contributed by atoms with E-state index in [-0.39, 0.29) is 0 Å². The predicted octanol–water partition coefficient (Wildman–Crippen LogP) is 1.88. The van der Waals surface area contributed by atoms with Gasteiger partial charge in [0.25, 0.3) is 0 Å². The van der Waals surface area contributed by atoms with Crippen LogP contribution in [0.3, 0.4) is 0 Å². The molecule has 0 aromatic rings. The van der Waals surface area contributed by atoms with Gasteiger partial charge in [-0.25, -0.2) is 0 Å². The minimum Gasteiger partial charge on any atom is -0.380 e. The van der Waals surface area contributed by atoms with Gasteiger partial charge in [-0.3, -0.25) is 4.90 Å². The third-order valence-corrected chi connectivity index (χ3v) is 4.09. The minimum atomic E-state index is 0.625. The van der Waals surface area contributed by atoms with Gasteiger partial charge in [0.15, 0.2) is 0 Å². The fraction of sp³-hybridized carbons (Fsp3) is 1.00. The quantitative estimate of drug-likeness (QED) is 0.617. The molecule has 1 aliphatic carbocycles. The lowest BCUT2D eigenvalue weighted by atomic mass is 9.83. The first-order valence-electron chi connectivity index (χ1n) is 7.93. The Morgan fingerprint density at radius 2 is 1.58 bits per heavy atom. The van der Waals surface area contributed by atoms with Crippen LogP contribution in [0.1, 0.15) is 39.5 Å². The Morgan fingerprint density at radius 3 is 2.11 bits per heavy atom. The molecule has 4 nitrogen and oxygen atoms in total. The third-order valence-electron chi connectivity index (χ3n) is 4.09. The van der Waals surface area contributed by atoms with Crippen molar-refractivity contribution in [1.29, 1.82) is 0 Å². The van der Waals surface area contributed by atoms with Crippen LogP contribution < -0.4 is 5.73 Å². The molecule has 114 valence electrons. The highest BCUT2D eigenvalue weighted by Gasteiger charge is 2.28. The van der Waals surface area contributed by atoms with Gasteiger partial charge in [-0.1, -0.05) is 12.8 Å². The van der Waals surface area contributed by atoms with Crippen LogP contribution >= 0.6 is 0 Å². The van der Waals surface area contributed by atoms with Gasteiger partial charge in [0.2, 0.25) is 0 Å². The molecule has 0 aromatic heterocycles. The van der Waals surface area contributed by atoms with E-state index in [1.807, 2.05) is 13.8 Å². The maximum Gasteiger partial charge on any atom is 0.0593 e. The van der Waals surface area contributed by atoms with Gasteiger partial charge in [0.1, 0.15) is 0 Å². The van der Waals surface area contributed by atoms with E-state index in [4.69, 9.17) is 15.2 Å². The summed E-state index contributed by atoms with van der Waals surface area (Å²) in [5.74, 6) is 0.650. The zero-order valence-corrected chi connectivity index (χ0v) is 12.8. The molecule has 4 heteroatoms. The standard InChI is InChI=1S/C15H32N2O2/c1-3-18-11-9-17(10-12-19-4-2)15-8-6-5-7-14(15)13-16/h14-15H,3-13,16H2,1-2H3. The molecule has 0 aromatic carbocycles. The molecule has 2 unspecified atom stereocenters. The fourth-order valence-electron chi connectivity index (χ4n) is 3.04. The largest absolute Gasteiger partial charge is 0.380 e. The van der Waals surface area contributed by atoms with E-state index in [1.165, 1.54) is 25.7 Å². The average Bonchev–Trinajstić information content (AvgIpc) is 2.46.